The predicted octanol–water partition coefficient (Wildman–Crippen LogP) is 6.54. The lowest BCUT2D eigenvalue weighted by Crippen LogP contribution is -2.24. The van der Waals surface area contributed by atoms with E-state index in [-0.39, 0.29) is 11.7 Å². The Kier molecular flexibility index (Phi) is 7.88. The number of hydrogen-bond donors (Lipinski definition) is 1. The molecule has 2 aromatic heterocycles. The van der Waals surface area contributed by atoms with Gasteiger partial charge in [0.25, 0.3) is 0 Å². The van der Waals surface area contributed by atoms with E-state index in [9.17, 15) is 4.79 Å². The summed E-state index contributed by atoms with van der Waals surface area (Å²) in [5.74, 6) is 0.960. The van der Waals surface area contributed by atoms with Gasteiger partial charge in [0.15, 0.2) is 11.0 Å². The van der Waals surface area contributed by atoms with Gasteiger partial charge in [-0.2, -0.15) is 0 Å². The molecule has 0 saturated carbocycles. The van der Waals surface area contributed by atoms with Crippen LogP contribution in [0.4, 0.5) is 0 Å². The number of carbonyl (C=O) groups excluding carboxylic acids is 1. The van der Waals surface area contributed by atoms with Gasteiger partial charge in [-0.25, -0.2) is 0 Å². The lowest BCUT2D eigenvalue weighted by atomic mass is 10.0. The topological polar surface area (TPSA) is 59.8 Å². The van der Waals surface area contributed by atoms with Crippen LogP contribution in [0.25, 0.3) is 22.5 Å². The molecule has 8 heteroatoms. The zero-order valence-electron chi connectivity index (χ0n) is 19.0. The lowest BCUT2D eigenvalue weighted by molar-refractivity contribution is -0.118. The zero-order valence-corrected chi connectivity index (χ0v) is 21.4. The summed E-state index contributed by atoms with van der Waals surface area (Å²) in [6, 6.07) is 15.9. The molecule has 2 aromatic carbocycles. The number of aromatic nitrogens is 3. The van der Waals surface area contributed by atoms with Crippen molar-refractivity contribution < 1.29 is 4.79 Å². The summed E-state index contributed by atoms with van der Waals surface area (Å²) < 4.78 is 2.02. The average molecular weight is 509 g/mol. The molecule has 4 rings (SSSR count). The highest BCUT2D eigenvalue weighted by molar-refractivity contribution is 7.99. The van der Waals surface area contributed by atoms with Gasteiger partial charge in [0, 0.05) is 39.5 Å². The predicted molar refractivity (Wildman–Crippen MR) is 142 cm³/mol. The first-order chi connectivity index (χ1) is 16.5. The molecule has 34 heavy (non-hydrogen) atoms. The number of rotatable bonds is 9. The van der Waals surface area contributed by atoms with Crippen molar-refractivity contribution in [1.82, 2.24) is 20.1 Å². The highest BCUT2D eigenvalue weighted by atomic mass is 35.5. The summed E-state index contributed by atoms with van der Waals surface area (Å²) in [5, 5.41) is 15.3. The second kappa shape index (κ2) is 11.0. The van der Waals surface area contributed by atoms with Crippen molar-refractivity contribution >= 4 is 40.6 Å². The van der Waals surface area contributed by atoms with Crippen LogP contribution in [0.15, 0.2) is 71.7 Å². The van der Waals surface area contributed by atoms with Crippen LogP contribution in [-0.4, -0.2) is 26.4 Å². The number of nitrogens with one attached hydrogen (secondary N) is 1. The third-order valence-corrected chi connectivity index (χ3v) is 7.45. The van der Waals surface area contributed by atoms with Gasteiger partial charge in [-0.15, -0.1) is 28.1 Å². The molecule has 0 atom stereocenters. The summed E-state index contributed by atoms with van der Waals surface area (Å²) in [5.41, 5.74) is 5.58. The average Bonchev–Trinajstić information content (AvgIpc) is 3.41. The minimum atomic E-state index is -0.0682. The van der Waals surface area contributed by atoms with Crippen molar-refractivity contribution in [1.29, 1.82) is 0 Å². The Balaban J connectivity index is 1.51. The Labute approximate surface area is 212 Å². The third kappa shape index (κ3) is 5.60. The van der Waals surface area contributed by atoms with Crippen molar-refractivity contribution in [3.05, 3.63) is 87.6 Å². The maximum atomic E-state index is 12.4. The van der Waals surface area contributed by atoms with Gasteiger partial charge in [0.05, 0.1) is 5.75 Å². The Hall–Kier alpha value is -2.87. The molecule has 1 amide bonds. The van der Waals surface area contributed by atoms with Gasteiger partial charge < -0.3 is 5.32 Å². The van der Waals surface area contributed by atoms with Crippen LogP contribution < -0.4 is 5.32 Å². The van der Waals surface area contributed by atoms with Gasteiger partial charge in [-0.3, -0.25) is 9.36 Å². The summed E-state index contributed by atoms with van der Waals surface area (Å²) in [4.78, 5) is 13.7. The maximum absolute atomic E-state index is 12.4. The molecule has 0 unspecified atom stereocenters. The van der Waals surface area contributed by atoms with E-state index in [2.05, 4.69) is 65.6 Å². The smallest absolute Gasteiger partial charge is 0.230 e. The number of carbonyl (C=O) groups is 1. The molecule has 0 spiro atoms. The molecule has 0 aliphatic rings. The molecule has 0 aliphatic heterocycles. The van der Waals surface area contributed by atoms with Gasteiger partial charge >= 0.3 is 0 Å². The summed E-state index contributed by atoms with van der Waals surface area (Å²) in [6.07, 6.45) is 1.82. The minimum absolute atomic E-state index is 0.0682. The van der Waals surface area contributed by atoms with Crippen molar-refractivity contribution in [2.75, 3.05) is 5.75 Å². The number of aryl methyl sites for hydroxylation is 2. The summed E-state index contributed by atoms with van der Waals surface area (Å²) >= 11 is 8.99. The van der Waals surface area contributed by atoms with Gasteiger partial charge in [0.1, 0.15) is 0 Å². The third-order valence-electron chi connectivity index (χ3n) is 5.32. The fourth-order valence-electron chi connectivity index (χ4n) is 3.57. The van der Waals surface area contributed by atoms with E-state index in [0.717, 1.165) is 22.5 Å². The van der Waals surface area contributed by atoms with Crippen LogP contribution in [0.5, 0.6) is 0 Å². The minimum Gasteiger partial charge on any atom is -0.351 e. The maximum Gasteiger partial charge on any atom is 0.230 e. The monoisotopic (exact) mass is 508 g/mol. The van der Waals surface area contributed by atoms with E-state index < -0.39 is 0 Å². The molecule has 174 valence electrons. The van der Waals surface area contributed by atoms with Crippen molar-refractivity contribution in [2.24, 2.45) is 0 Å². The number of hydrogen-bond acceptors (Lipinski definition) is 5. The van der Waals surface area contributed by atoms with Crippen LogP contribution in [-0.2, 0) is 17.9 Å². The number of thiophene rings is 1. The van der Waals surface area contributed by atoms with E-state index >= 15 is 0 Å². The highest BCUT2D eigenvalue weighted by Gasteiger charge is 2.20. The van der Waals surface area contributed by atoms with E-state index in [0.29, 0.717) is 23.3 Å². The number of benzene rings is 2. The Morgan fingerprint density at radius 3 is 2.59 bits per heavy atom. The second-order valence-corrected chi connectivity index (χ2v) is 10.3. The van der Waals surface area contributed by atoms with E-state index in [1.807, 2.05) is 34.9 Å². The quantitative estimate of drug-likeness (QED) is 0.206. The molecule has 0 aliphatic carbocycles. The number of amides is 1. The van der Waals surface area contributed by atoms with Crippen molar-refractivity contribution in [2.45, 2.75) is 32.1 Å². The SMILES string of the molecule is C=CCn1c(SCC(=O)NCc2ccc(Cl)cc2)nnc1-c1csc(C)c1-c1ccc(C)cc1. The molecule has 5 nitrogen and oxygen atoms in total. The number of nitrogens with zero attached hydrogens (tertiary/aromatic N) is 3. The molecule has 2 heterocycles. The van der Waals surface area contributed by atoms with Crippen molar-refractivity contribution in [3.8, 4) is 22.5 Å². The fraction of sp³-hybridized carbons (Fsp3) is 0.192. The first-order valence-electron chi connectivity index (χ1n) is 10.8. The molecule has 0 bridgehead atoms. The van der Waals surface area contributed by atoms with E-state index in [1.165, 1.54) is 27.8 Å². The molecule has 0 saturated heterocycles. The first kappa shape index (κ1) is 24.3. The molecular weight excluding hydrogens is 484 g/mol. The number of halogens is 1. The first-order valence-corrected chi connectivity index (χ1v) is 13.0. The van der Waals surface area contributed by atoms with Crippen LogP contribution in [0.2, 0.25) is 5.02 Å². The highest BCUT2D eigenvalue weighted by Crippen LogP contribution is 2.39. The molecule has 0 radical (unpaired) electrons. The summed E-state index contributed by atoms with van der Waals surface area (Å²) in [6.45, 7) is 9.12. The Morgan fingerprint density at radius 2 is 1.88 bits per heavy atom. The van der Waals surface area contributed by atoms with Gasteiger partial charge in [-0.05, 0) is 37.1 Å². The molecule has 4 aromatic rings. The van der Waals surface area contributed by atoms with Gasteiger partial charge in [0.2, 0.25) is 5.91 Å². The van der Waals surface area contributed by atoms with E-state index in [1.54, 1.807) is 11.3 Å². The standard InChI is InChI=1S/C26H25ClN4OS2/c1-4-13-31-25(22-15-33-18(3)24(22)20-9-5-17(2)6-10-20)29-30-26(31)34-16-23(32)28-14-19-7-11-21(27)12-8-19/h4-12,15H,1,13-14,16H2,2-3H3,(H,28,32). The zero-order chi connectivity index (χ0) is 24.1. The summed E-state index contributed by atoms with van der Waals surface area (Å²) in [7, 11) is 0. The normalized spacial score (nSPS) is 10.9. The molecule has 1 N–H and O–H groups in total. The van der Waals surface area contributed by atoms with Crippen molar-refractivity contribution in [3.63, 3.8) is 0 Å². The molecular formula is C26H25ClN4OS2. The van der Waals surface area contributed by atoms with Crippen LogP contribution in [0.1, 0.15) is 16.0 Å². The van der Waals surface area contributed by atoms with Gasteiger partial charge in [-0.1, -0.05) is 71.4 Å². The Bertz CT molecular complexity index is 1290. The van der Waals surface area contributed by atoms with Crippen LogP contribution in [0, 0.1) is 13.8 Å². The fourth-order valence-corrected chi connectivity index (χ4v) is 5.34. The number of thioether (sulfide) groups is 1. The second-order valence-electron chi connectivity index (χ2n) is 7.84. The van der Waals surface area contributed by atoms with E-state index in [4.69, 9.17) is 11.6 Å². The largest absolute Gasteiger partial charge is 0.351 e. The number of allylic oxidation sites excluding steroid dienone is 1. The lowest BCUT2D eigenvalue weighted by Gasteiger charge is -2.10. The van der Waals surface area contributed by atoms with Crippen LogP contribution >= 0.6 is 34.7 Å². The van der Waals surface area contributed by atoms with Crippen LogP contribution in [0.3, 0.4) is 0 Å². The molecule has 0 fully saturated rings. The Morgan fingerprint density at radius 1 is 1.15 bits per heavy atom.